The molecule has 4 atom stereocenters. The van der Waals surface area contributed by atoms with E-state index < -0.39 is 17.2 Å². The number of nitrogens with zero attached hydrogens (tertiary/aromatic N) is 7. The molecule has 2 aromatic heterocycles. The van der Waals surface area contributed by atoms with E-state index >= 15 is 4.39 Å². The van der Waals surface area contributed by atoms with Gasteiger partial charge in [-0.1, -0.05) is 30.2 Å². The Labute approximate surface area is 325 Å². The van der Waals surface area contributed by atoms with Crippen molar-refractivity contribution < 1.29 is 32.6 Å². The van der Waals surface area contributed by atoms with Crippen LogP contribution >= 0.6 is 0 Å². The Morgan fingerprint density at radius 3 is 2.54 bits per heavy atom. The second-order valence-electron chi connectivity index (χ2n) is 16.6. The van der Waals surface area contributed by atoms with Crippen molar-refractivity contribution in [1.29, 1.82) is 0 Å². The Morgan fingerprint density at radius 2 is 1.82 bits per heavy atom. The van der Waals surface area contributed by atoms with Gasteiger partial charge in [-0.05, 0) is 77.3 Å². The first-order chi connectivity index (χ1) is 26.8. The summed E-state index contributed by atoms with van der Waals surface area (Å²) in [5, 5.41) is 1.42. The quantitative estimate of drug-likeness (QED) is 0.187. The van der Waals surface area contributed by atoms with E-state index in [9.17, 15) is 14.0 Å². The summed E-state index contributed by atoms with van der Waals surface area (Å²) in [5.74, 6) is 1.60. The summed E-state index contributed by atoms with van der Waals surface area (Å²) < 4.78 is 50.0. The number of carbonyl (C=O) groups is 2. The average molecular weight is 768 g/mol. The van der Waals surface area contributed by atoms with E-state index in [0.29, 0.717) is 40.6 Å². The third-order valence-electron chi connectivity index (χ3n) is 11.7. The van der Waals surface area contributed by atoms with Crippen LogP contribution in [0.1, 0.15) is 64.9 Å². The van der Waals surface area contributed by atoms with Crippen molar-refractivity contribution >= 4 is 39.7 Å². The van der Waals surface area contributed by atoms with Gasteiger partial charge in [0, 0.05) is 50.4 Å². The zero-order valence-electron chi connectivity index (χ0n) is 32.5. The molecule has 0 aliphatic carbocycles. The van der Waals surface area contributed by atoms with Gasteiger partial charge in [-0.25, -0.2) is 18.4 Å². The van der Waals surface area contributed by atoms with E-state index in [0.717, 1.165) is 45.1 Å². The molecule has 2 aromatic carbocycles. The highest BCUT2D eigenvalue weighted by Crippen LogP contribution is 2.44. The molecule has 4 saturated heterocycles. The molecule has 0 spiro atoms. The number of piperazine rings is 1. The van der Waals surface area contributed by atoms with Gasteiger partial charge >= 0.3 is 18.2 Å². The lowest BCUT2D eigenvalue weighted by Gasteiger charge is -2.42. The van der Waals surface area contributed by atoms with Crippen molar-refractivity contribution in [2.75, 3.05) is 51.8 Å². The number of rotatable bonds is 7. The summed E-state index contributed by atoms with van der Waals surface area (Å²) in [5.41, 5.74) is -0.599. The third-order valence-corrected chi connectivity index (χ3v) is 11.7. The average Bonchev–Trinajstić information content (AvgIpc) is 3.81. The number of halogens is 2. The molecule has 294 valence electrons. The molecule has 4 fully saturated rings. The van der Waals surface area contributed by atoms with Crippen LogP contribution in [0.4, 0.5) is 24.2 Å². The van der Waals surface area contributed by atoms with Crippen LogP contribution in [0, 0.1) is 24.0 Å². The Morgan fingerprint density at radius 1 is 1.05 bits per heavy atom. The Balaban J connectivity index is 1.17. The van der Waals surface area contributed by atoms with Gasteiger partial charge in [0.05, 0.1) is 28.6 Å². The molecular formula is C42H47F2N7O5. The van der Waals surface area contributed by atoms with E-state index in [2.05, 4.69) is 20.7 Å². The molecule has 0 radical (unpaired) electrons. The van der Waals surface area contributed by atoms with Crippen molar-refractivity contribution in [3.05, 3.63) is 53.7 Å². The monoisotopic (exact) mass is 767 g/mol. The summed E-state index contributed by atoms with van der Waals surface area (Å²) in [7, 11) is 3.32. The topological polar surface area (TPSA) is 113 Å². The molecule has 2 amide bonds. The van der Waals surface area contributed by atoms with Gasteiger partial charge in [0.2, 0.25) is 0 Å². The first-order valence-electron chi connectivity index (χ1n) is 19.3. The molecule has 0 saturated carbocycles. The number of pyridine rings is 1. The predicted octanol–water partition coefficient (Wildman–Crippen LogP) is 6.77. The molecule has 8 rings (SSSR count). The molecule has 2 bridgehead atoms. The van der Waals surface area contributed by atoms with Crippen LogP contribution in [0.15, 0.2) is 36.5 Å². The highest BCUT2D eigenvalue weighted by atomic mass is 19.1. The van der Waals surface area contributed by atoms with Gasteiger partial charge < -0.3 is 24.0 Å². The normalized spacial score (nSPS) is 23.4. The van der Waals surface area contributed by atoms with E-state index in [4.69, 9.17) is 30.6 Å². The third kappa shape index (κ3) is 6.69. The standard InChI is InChI=1S/C42H47F2N7O5/c1-7-29-32(43)15-12-25-10-8-11-30(33(25)29)35-34(44)36-31(20-45-35)37(49-21-26-13-14-27(22-49)51(26)40(53)56-41(2,3)4)47-38(46-36)55-24-42-17-9-19-50(42)28(16-18-42)23-54-39(52)48(5)6/h1,8,10-12,15,20,26-28H,9,13-14,16-19,21-24H2,2-6H3. The van der Waals surface area contributed by atoms with Crippen molar-refractivity contribution in [3.63, 3.8) is 0 Å². The zero-order chi connectivity index (χ0) is 39.5. The molecule has 4 aliphatic rings. The van der Waals surface area contributed by atoms with Gasteiger partial charge in [-0.2, -0.15) is 9.97 Å². The lowest BCUT2D eigenvalue weighted by molar-refractivity contribution is 0.0122. The number of amides is 2. The molecule has 56 heavy (non-hydrogen) atoms. The fraction of sp³-hybridized carbons (Fsp3) is 0.500. The maximum atomic E-state index is 17.2. The van der Waals surface area contributed by atoms with E-state index in [1.165, 1.54) is 11.0 Å². The first-order valence-corrected chi connectivity index (χ1v) is 19.3. The van der Waals surface area contributed by atoms with Crippen LogP contribution in [-0.4, -0.2) is 118 Å². The number of fused-ring (bicyclic) bond motifs is 5. The van der Waals surface area contributed by atoms with Gasteiger partial charge in [-0.3, -0.25) is 14.8 Å². The first kappa shape index (κ1) is 37.6. The maximum Gasteiger partial charge on any atom is 0.410 e. The van der Waals surface area contributed by atoms with Gasteiger partial charge in [0.1, 0.15) is 41.7 Å². The number of benzene rings is 2. The minimum absolute atomic E-state index is 0.00765. The minimum Gasteiger partial charge on any atom is -0.461 e. The fourth-order valence-electron chi connectivity index (χ4n) is 9.18. The van der Waals surface area contributed by atoms with Crippen LogP contribution in [0.3, 0.4) is 0 Å². The minimum atomic E-state index is -0.713. The fourth-order valence-corrected chi connectivity index (χ4v) is 9.18. The van der Waals surface area contributed by atoms with Gasteiger partial charge in [0.25, 0.3) is 0 Å². The second kappa shape index (κ2) is 14.3. The van der Waals surface area contributed by atoms with Crippen LogP contribution in [0.2, 0.25) is 0 Å². The summed E-state index contributed by atoms with van der Waals surface area (Å²) in [6.45, 7) is 7.85. The molecular weight excluding hydrogens is 721 g/mol. The van der Waals surface area contributed by atoms with Gasteiger partial charge in [0.15, 0.2) is 5.82 Å². The lowest BCUT2D eigenvalue weighted by Crippen LogP contribution is -2.57. The number of hydrogen-bond acceptors (Lipinski definition) is 10. The maximum absolute atomic E-state index is 17.2. The Hall–Kier alpha value is -5.29. The second-order valence-corrected chi connectivity index (χ2v) is 16.6. The lowest BCUT2D eigenvalue weighted by atomic mass is 9.95. The van der Waals surface area contributed by atoms with E-state index in [-0.39, 0.29) is 71.8 Å². The zero-order valence-corrected chi connectivity index (χ0v) is 32.5. The SMILES string of the molecule is C#Cc1c(F)ccc2cccc(-c3ncc4c(N5CC6CCC(C5)N6C(=O)OC(C)(C)C)nc(OCC56CCCN5C(COC(=O)N(C)C)CC6)nc4c3F)c12. The van der Waals surface area contributed by atoms with Crippen molar-refractivity contribution in [3.8, 4) is 29.6 Å². The molecule has 4 aliphatic heterocycles. The van der Waals surface area contributed by atoms with Crippen LogP contribution < -0.4 is 9.64 Å². The number of ether oxygens (including phenoxy) is 3. The molecule has 12 nitrogen and oxygen atoms in total. The number of terminal acetylenes is 1. The Kier molecular flexibility index (Phi) is 9.63. The summed E-state index contributed by atoms with van der Waals surface area (Å²) in [6.07, 6.45) is 11.7. The molecule has 4 aromatic rings. The highest BCUT2D eigenvalue weighted by Gasteiger charge is 2.50. The van der Waals surface area contributed by atoms with Crippen molar-refractivity contribution in [1.82, 2.24) is 29.7 Å². The predicted molar refractivity (Wildman–Crippen MR) is 207 cm³/mol. The highest BCUT2D eigenvalue weighted by molar-refractivity contribution is 6.02. The number of carbonyl (C=O) groups excluding carboxylic acids is 2. The summed E-state index contributed by atoms with van der Waals surface area (Å²) >= 11 is 0. The van der Waals surface area contributed by atoms with E-state index in [1.807, 2.05) is 25.7 Å². The van der Waals surface area contributed by atoms with Crippen LogP contribution in [0.5, 0.6) is 6.01 Å². The summed E-state index contributed by atoms with van der Waals surface area (Å²) in [4.78, 5) is 47.4. The number of hydrogen-bond donors (Lipinski definition) is 0. The number of anilines is 1. The van der Waals surface area contributed by atoms with Crippen molar-refractivity contribution in [2.45, 2.75) is 88.6 Å². The van der Waals surface area contributed by atoms with E-state index in [1.54, 1.807) is 44.6 Å². The van der Waals surface area contributed by atoms with Crippen LogP contribution in [0.25, 0.3) is 32.9 Å². The summed E-state index contributed by atoms with van der Waals surface area (Å²) in [6, 6.07) is 7.94. The molecule has 14 heteroatoms. The molecule has 6 heterocycles. The van der Waals surface area contributed by atoms with Crippen LogP contribution in [-0.2, 0) is 9.47 Å². The Bertz CT molecular complexity index is 2240. The largest absolute Gasteiger partial charge is 0.461 e. The van der Waals surface area contributed by atoms with Crippen molar-refractivity contribution in [2.24, 2.45) is 0 Å². The van der Waals surface area contributed by atoms with Gasteiger partial charge in [-0.15, -0.1) is 6.42 Å². The molecule has 4 unspecified atom stereocenters. The number of aromatic nitrogens is 3. The smallest absolute Gasteiger partial charge is 0.410 e. The molecule has 0 N–H and O–H groups in total.